The Hall–Kier alpha value is -1.56. The van der Waals surface area contributed by atoms with Gasteiger partial charge in [0.1, 0.15) is 0 Å². The van der Waals surface area contributed by atoms with Crippen molar-refractivity contribution < 1.29 is 9.47 Å². The van der Waals surface area contributed by atoms with Gasteiger partial charge in [-0.3, -0.25) is 0 Å². The first-order valence-electron chi connectivity index (χ1n) is 7.35. The first kappa shape index (κ1) is 14.4. The van der Waals surface area contributed by atoms with E-state index in [1.807, 2.05) is 30.0 Å². The summed E-state index contributed by atoms with van der Waals surface area (Å²) in [6.45, 7) is 3.88. The smallest absolute Gasteiger partial charge is 0.191 e. The van der Waals surface area contributed by atoms with Gasteiger partial charge < -0.3 is 20.1 Å². The van der Waals surface area contributed by atoms with E-state index in [1.165, 1.54) is 0 Å². The lowest BCUT2D eigenvalue weighted by Gasteiger charge is -2.27. The molecule has 0 spiro atoms. The molecular weight excluding hydrogens is 286 g/mol. The fourth-order valence-corrected chi connectivity index (χ4v) is 3.34. The molecule has 2 N–H and O–H groups in total. The summed E-state index contributed by atoms with van der Waals surface area (Å²) in [7, 11) is 0. The number of hydrogen-bond acceptors (Lipinski definition) is 4. The third-order valence-corrected chi connectivity index (χ3v) is 4.54. The van der Waals surface area contributed by atoms with E-state index in [2.05, 4.69) is 9.89 Å². The monoisotopic (exact) mass is 307 g/mol. The fraction of sp³-hybridized carbons (Fsp3) is 0.533. The number of guanidine groups is 1. The molecule has 21 heavy (non-hydrogen) atoms. The van der Waals surface area contributed by atoms with Crippen LogP contribution in [-0.4, -0.2) is 48.7 Å². The van der Waals surface area contributed by atoms with E-state index in [0.29, 0.717) is 25.7 Å². The zero-order valence-electron chi connectivity index (χ0n) is 12.1. The molecule has 1 saturated heterocycles. The van der Waals surface area contributed by atoms with Crippen LogP contribution in [0.5, 0.6) is 11.5 Å². The van der Waals surface area contributed by atoms with E-state index in [-0.39, 0.29) is 0 Å². The Kier molecular flexibility index (Phi) is 4.75. The maximum atomic E-state index is 6.10. The number of rotatable bonds is 2. The summed E-state index contributed by atoms with van der Waals surface area (Å²) in [6, 6.07) is 5.95. The molecule has 114 valence electrons. The normalized spacial score (nSPS) is 19.2. The number of nitrogens with two attached hydrogens (primary N) is 1. The lowest BCUT2D eigenvalue weighted by atomic mass is 10.2. The van der Waals surface area contributed by atoms with E-state index >= 15 is 0 Å². The second-order valence-corrected chi connectivity index (χ2v) is 6.29. The molecule has 1 aromatic carbocycles. The molecule has 0 aliphatic carbocycles. The zero-order chi connectivity index (χ0) is 14.5. The van der Waals surface area contributed by atoms with Crippen LogP contribution < -0.4 is 15.2 Å². The first-order chi connectivity index (χ1) is 10.3. The van der Waals surface area contributed by atoms with Gasteiger partial charge in [-0.25, -0.2) is 4.99 Å². The molecule has 0 aromatic heterocycles. The van der Waals surface area contributed by atoms with Gasteiger partial charge in [-0.05, 0) is 6.07 Å². The molecule has 3 rings (SSSR count). The Morgan fingerprint density at radius 2 is 2.05 bits per heavy atom. The molecule has 0 bridgehead atoms. The van der Waals surface area contributed by atoms with Gasteiger partial charge in [-0.15, -0.1) is 0 Å². The largest absolute Gasteiger partial charge is 0.490 e. The van der Waals surface area contributed by atoms with Crippen LogP contribution in [0.1, 0.15) is 12.0 Å². The summed E-state index contributed by atoms with van der Waals surface area (Å²) in [5.74, 6) is 4.50. The number of hydrogen-bond donors (Lipinski definition) is 1. The predicted octanol–water partition coefficient (Wildman–Crippen LogP) is 1.71. The highest BCUT2D eigenvalue weighted by Crippen LogP contribution is 2.33. The zero-order valence-corrected chi connectivity index (χ0v) is 12.9. The SMILES string of the molecule is NC(=NCc1cccc2c1OCCCO2)N1CCSCC1. The number of aliphatic imine (C=N–C) groups is 1. The molecule has 1 aromatic rings. The average molecular weight is 307 g/mol. The minimum absolute atomic E-state index is 0.530. The molecule has 2 heterocycles. The van der Waals surface area contributed by atoms with Gasteiger partial charge in [0.25, 0.3) is 0 Å². The predicted molar refractivity (Wildman–Crippen MR) is 86.3 cm³/mol. The Bertz CT molecular complexity index is 516. The number of fused-ring (bicyclic) bond motifs is 1. The molecule has 0 amide bonds. The van der Waals surface area contributed by atoms with Gasteiger partial charge >= 0.3 is 0 Å². The van der Waals surface area contributed by atoms with Crippen LogP contribution in [0.15, 0.2) is 23.2 Å². The third-order valence-electron chi connectivity index (χ3n) is 3.60. The highest BCUT2D eigenvalue weighted by atomic mass is 32.2. The first-order valence-corrected chi connectivity index (χ1v) is 8.50. The van der Waals surface area contributed by atoms with Crippen LogP contribution in [0.25, 0.3) is 0 Å². The van der Waals surface area contributed by atoms with Gasteiger partial charge in [0.2, 0.25) is 0 Å². The van der Waals surface area contributed by atoms with E-state index < -0.39 is 0 Å². The second-order valence-electron chi connectivity index (χ2n) is 5.07. The van der Waals surface area contributed by atoms with Crippen molar-refractivity contribution in [2.75, 3.05) is 37.8 Å². The van der Waals surface area contributed by atoms with Crippen LogP contribution in [0.2, 0.25) is 0 Å². The summed E-state index contributed by atoms with van der Waals surface area (Å²) in [5.41, 5.74) is 7.13. The van der Waals surface area contributed by atoms with Crippen molar-refractivity contribution in [2.45, 2.75) is 13.0 Å². The molecular formula is C15H21N3O2S. The maximum Gasteiger partial charge on any atom is 0.191 e. The Morgan fingerprint density at radius 1 is 1.24 bits per heavy atom. The summed E-state index contributed by atoms with van der Waals surface area (Å²) < 4.78 is 11.5. The number of nitrogens with zero attached hydrogens (tertiary/aromatic N) is 2. The Labute approximate surface area is 129 Å². The number of ether oxygens (including phenoxy) is 2. The summed E-state index contributed by atoms with van der Waals surface area (Å²) in [5, 5.41) is 0. The van der Waals surface area contributed by atoms with Crippen LogP contribution in [-0.2, 0) is 6.54 Å². The minimum atomic E-state index is 0.530. The fourth-order valence-electron chi connectivity index (χ4n) is 2.44. The number of benzene rings is 1. The van der Waals surface area contributed by atoms with Crippen molar-refractivity contribution in [1.29, 1.82) is 0 Å². The van der Waals surface area contributed by atoms with Gasteiger partial charge in [-0.2, -0.15) is 11.8 Å². The lowest BCUT2D eigenvalue weighted by molar-refractivity contribution is 0.296. The van der Waals surface area contributed by atoms with Gasteiger partial charge in [0, 0.05) is 36.6 Å². The molecule has 1 fully saturated rings. The van der Waals surface area contributed by atoms with E-state index in [9.17, 15) is 0 Å². The van der Waals surface area contributed by atoms with Crippen molar-refractivity contribution >= 4 is 17.7 Å². The highest BCUT2D eigenvalue weighted by Gasteiger charge is 2.15. The van der Waals surface area contributed by atoms with Crippen molar-refractivity contribution in [1.82, 2.24) is 4.90 Å². The van der Waals surface area contributed by atoms with E-state index in [1.54, 1.807) is 0 Å². The van der Waals surface area contributed by atoms with Crippen molar-refractivity contribution in [3.63, 3.8) is 0 Å². The second kappa shape index (κ2) is 6.93. The quantitative estimate of drug-likeness (QED) is 0.666. The standard InChI is InChI=1S/C15H21N3O2S/c16-15(18-5-9-21-10-6-18)17-11-12-3-1-4-13-14(12)20-8-2-7-19-13/h1,3-4H,2,5-11H2,(H2,16,17). The third kappa shape index (κ3) is 3.56. The highest BCUT2D eigenvalue weighted by molar-refractivity contribution is 7.99. The molecule has 0 atom stereocenters. The molecule has 6 heteroatoms. The molecule has 2 aliphatic rings. The number of thioether (sulfide) groups is 1. The Balaban J connectivity index is 1.72. The maximum absolute atomic E-state index is 6.10. The lowest BCUT2D eigenvalue weighted by Crippen LogP contribution is -2.42. The minimum Gasteiger partial charge on any atom is -0.490 e. The van der Waals surface area contributed by atoms with Gasteiger partial charge in [-0.1, -0.05) is 12.1 Å². The average Bonchev–Trinajstić information content (AvgIpc) is 2.79. The molecule has 2 aliphatic heterocycles. The van der Waals surface area contributed by atoms with Gasteiger partial charge in [0.15, 0.2) is 17.5 Å². The van der Waals surface area contributed by atoms with Crippen molar-refractivity contribution in [2.24, 2.45) is 10.7 Å². The van der Waals surface area contributed by atoms with Crippen LogP contribution in [0.4, 0.5) is 0 Å². The van der Waals surface area contributed by atoms with E-state index in [0.717, 1.165) is 48.1 Å². The molecule has 5 nitrogen and oxygen atoms in total. The van der Waals surface area contributed by atoms with Crippen molar-refractivity contribution in [3.05, 3.63) is 23.8 Å². The summed E-state index contributed by atoms with van der Waals surface area (Å²) >= 11 is 1.96. The Morgan fingerprint density at radius 3 is 2.90 bits per heavy atom. The van der Waals surface area contributed by atoms with Crippen LogP contribution in [0, 0.1) is 0 Å². The summed E-state index contributed by atoms with van der Waals surface area (Å²) in [4.78, 5) is 6.68. The van der Waals surface area contributed by atoms with Crippen LogP contribution >= 0.6 is 11.8 Å². The topological polar surface area (TPSA) is 60.1 Å². The number of para-hydroxylation sites is 1. The van der Waals surface area contributed by atoms with Crippen molar-refractivity contribution in [3.8, 4) is 11.5 Å². The van der Waals surface area contributed by atoms with Gasteiger partial charge in [0.05, 0.1) is 19.8 Å². The molecule has 0 unspecified atom stereocenters. The van der Waals surface area contributed by atoms with E-state index in [4.69, 9.17) is 15.2 Å². The summed E-state index contributed by atoms with van der Waals surface area (Å²) in [6.07, 6.45) is 0.908. The van der Waals surface area contributed by atoms with Crippen LogP contribution in [0.3, 0.4) is 0 Å². The molecule has 0 saturated carbocycles. The molecule has 0 radical (unpaired) electrons.